The smallest absolute Gasteiger partial charge is 0.325 e. The minimum absolute atomic E-state index is 0.119. The molecular weight excluding hydrogens is 310 g/mol. The summed E-state index contributed by atoms with van der Waals surface area (Å²) in [4.78, 5) is 23.4. The fourth-order valence-corrected chi connectivity index (χ4v) is 2.87. The standard InChI is InChI=1S/C18H27NO5/c1-10(2)16(11(3)17(20)19-12(4)18(21)22)14-8-7-13(23-5)9-15(14)24-6/h7-12,16H,1-6H3,(H,19,20)(H,21,22)/t11?,12-,16-/m0/s1. The van der Waals surface area contributed by atoms with Crippen LogP contribution in [0.1, 0.15) is 39.2 Å². The molecule has 1 aromatic rings. The largest absolute Gasteiger partial charge is 0.497 e. The molecule has 24 heavy (non-hydrogen) atoms. The summed E-state index contributed by atoms with van der Waals surface area (Å²) in [7, 11) is 3.16. The highest BCUT2D eigenvalue weighted by molar-refractivity contribution is 5.85. The number of hydrogen-bond acceptors (Lipinski definition) is 4. The first-order valence-electron chi connectivity index (χ1n) is 7.98. The molecule has 134 valence electrons. The van der Waals surface area contributed by atoms with Crippen molar-refractivity contribution >= 4 is 11.9 Å². The molecule has 0 aliphatic heterocycles. The molecule has 3 atom stereocenters. The molecule has 0 saturated heterocycles. The zero-order valence-corrected chi connectivity index (χ0v) is 15.1. The average molecular weight is 337 g/mol. The van der Waals surface area contributed by atoms with Gasteiger partial charge in [0.1, 0.15) is 17.5 Å². The maximum atomic E-state index is 12.5. The second-order valence-electron chi connectivity index (χ2n) is 6.23. The summed E-state index contributed by atoms with van der Waals surface area (Å²) < 4.78 is 10.7. The van der Waals surface area contributed by atoms with Gasteiger partial charge in [0.2, 0.25) is 5.91 Å². The van der Waals surface area contributed by atoms with Crippen LogP contribution < -0.4 is 14.8 Å². The van der Waals surface area contributed by atoms with Crippen molar-refractivity contribution in [3.8, 4) is 11.5 Å². The van der Waals surface area contributed by atoms with Gasteiger partial charge in [0.15, 0.2) is 0 Å². The molecule has 0 saturated carbocycles. The van der Waals surface area contributed by atoms with Gasteiger partial charge in [-0.3, -0.25) is 9.59 Å². The van der Waals surface area contributed by atoms with Crippen molar-refractivity contribution in [2.24, 2.45) is 11.8 Å². The number of methoxy groups -OCH3 is 2. The predicted octanol–water partition coefficient (Wildman–Crippen LogP) is 2.67. The van der Waals surface area contributed by atoms with Crippen LogP contribution in [0.2, 0.25) is 0 Å². The Morgan fingerprint density at radius 3 is 2.17 bits per heavy atom. The first kappa shape index (κ1) is 19.8. The second kappa shape index (κ2) is 8.57. The van der Waals surface area contributed by atoms with Crippen molar-refractivity contribution in [2.45, 2.75) is 39.7 Å². The monoisotopic (exact) mass is 337 g/mol. The molecule has 0 spiro atoms. The molecule has 1 amide bonds. The van der Waals surface area contributed by atoms with Crippen LogP contribution in [-0.2, 0) is 9.59 Å². The fourth-order valence-electron chi connectivity index (χ4n) is 2.87. The number of nitrogens with one attached hydrogen (secondary N) is 1. The number of benzene rings is 1. The minimum atomic E-state index is -1.06. The summed E-state index contributed by atoms with van der Waals surface area (Å²) >= 11 is 0. The van der Waals surface area contributed by atoms with Crippen molar-refractivity contribution in [1.82, 2.24) is 5.32 Å². The molecule has 6 nitrogen and oxygen atoms in total. The van der Waals surface area contributed by atoms with Crippen molar-refractivity contribution in [3.63, 3.8) is 0 Å². The van der Waals surface area contributed by atoms with Crippen LogP contribution in [0.3, 0.4) is 0 Å². The summed E-state index contributed by atoms with van der Waals surface area (Å²) in [5, 5.41) is 11.5. The number of carbonyl (C=O) groups is 2. The lowest BCUT2D eigenvalue weighted by Crippen LogP contribution is -2.43. The number of hydrogen-bond donors (Lipinski definition) is 2. The molecule has 0 fully saturated rings. The Morgan fingerprint density at radius 2 is 1.71 bits per heavy atom. The lowest BCUT2D eigenvalue weighted by atomic mass is 9.78. The maximum absolute atomic E-state index is 12.5. The third-order valence-corrected chi connectivity index (χ3v) is 4.20. The molecule has 0 aromatic heterocycles. The van der Waals surface area contributed by atoms with Crippen LogP contribution in [0, 0.1) is 11.8 Å². The van der Waals surface area contributed by atoms with Gasteiger partial charge in [-0.1, -0.05) is 26.8 Å². The van der Waals surface area contributed by atoms with Crippen molar-refractivity contribution < 1.29 is 24.2 Å². The molecule has 1 aromatic carbocycles. The molecule has 2 N–H and O–H groups in total. The van der Waals surface area contributed by atoms with Crippen LogP contribution in [-0.4, -0.2) is 37.2 Å². The molecule has 0 heterocycles. The maximum Gasteiger partial charge on any atom is 0.325 e. The van der Waals surface area contributed by atoms with Gasteiger partial charge < -0.3 is 19.9 Å². The summed E-state index contributed by atoms with van der Waals surface area (Å²) in [6, 6.07) is 4.59. The summed E-state index contributed by atoms with van der Waals surface area (Å²) in [5.41, 5.74) is 0.902. The lowest BCUT2D eigenvalue weighted by Gasteiger charge is -2.29. The van der Waals surface area contributed by atoms with E-state index in [0.717, 1.165) is 5.56 Å². The van der Waals surface area contributed by atoms with Crippen molar-refractivity contribution in [3.05, 3.63) is 23.8 Å². The fraction of sp³-hybridized carbons (Fsp3) is 0.556. The Balaban J connectivity index is 3.14. The van der Waals surface area contributed by atoms with Gasteiger partial charge in [0.05, 0.1) is 14.2 Å². The summed E-state index contributed by atoms with van der Waals surface area (Å²) in [5.74, 6) is -0.386. The van der Waals surface area contributed by atoms with Gasteiger partial charge in [-0.2, -0.15) is 0 Å². The van der Waals surface area contributed by atoms with Gasteiger partial charge in [-0.15, -0.1) is 0 Å². The average Bonchev–Trinajstić information content (AvgIpc) is 2.54. The second-order valence-corrected chi connectivity index (χ2v) is 6.23. The van der Waals surface area contributed by atoms with Crippen LogP contribution in [0.25, 0.3) is 0 Å². The molecule has 0 bridgehead atoms. The van der Waals surface area contributed by atoms with E-state index in [1.165, 1.54) is 6.92 Å². The molecule has 1 rings (SSSR count). The number of aliphatic carboxylic acids is 1. The van der Waals surface area contributed by atoms with E-state index in [0.29, 0.717) is 11.5 Å². The third-order valence-electron chi connectivity index (χ3n) is 4.20. The van der Waals surface area contributed by atoms with Gasteiger partial charge in [0.25, 0.3) is 0 Å². The number of carboxylic acids is 1. The number of carbonyl (C=O) groups excluding carboxylic acids is 1. The SMILES string of the molecule is COc1ccc([C@@H](C(C)C)C(C)C(=O)N[C@@H](C)C(=O)O)c(OC)c1. The Hall–Kier alpha value is -2.24. The zero-order valence-electron chi connectivity index (χ0n) is 15.1. The van der Waals surface area contributed by atoms with E-state index in [1.54, 1.807) is 27.2 Å². The van der Waals surface area contributed by atoms with Crippen LogP contribution in [0.5, 0.6) is 11.5 Å². The van der Waals surface area contributed by atoms with Crippen molar-refractivity contribution in [2.75, 3.05) is 14.2 Å². The minimum Gasteiger partial charge on any atom is -0.497 e. The highest BCUT2D eigenvalue weighted by Gasteiger charge is 2.31. The van der Waals surface area contributed by atoms with Crippen LogP contribution in [0.15, 0.2) is 18.2 Å². The third kappa shape index (κ3) is 4.63. The molecule has 1 unspecified atom stereocenters. The number of rotatable bonds is 8. The Bertz CT molecular complexity index is 585. The van der Waals surface area contributed by atoms with E-state index in [9.17, 15) is 9.59 Å². The Morgan fingerprint density at radius 1 is 1.08 bits per heavy atom. The van der Waals surface area contributed by atoms with E-state index in [4.69, 9.17) is 14.6 Å². The Labute approximate surface area is 143 Å². The van der Waals surface area contributed by atoms with Crippen LogP contribution >= 0.6 is 0 Å². The van der Waals surface area contributed by atoms with Crippen LogP contribution in [0.4, 0.5) is 0 Å². The van der Waals surface area contributed by atoms with E-state index < -0.39 is 17.9 Å². The van der Waals surface area contributed by atoms with Gasteiger partial charge in [0, 0.05) is 17.9 Å². The number of ether oxygens (including phenoxy) is 2. The van der Waals surface area contributed by atoms with Crippen molar-refractivity contribution in [1.29, 1.82) is 0 Å². The first-order valence-corrected chi connectivity index (χ1v) is 7.98. The Kier molecular flexibility index (Phi) is 7.07. The van der Waals surface area contributed by atoms with E-state index in [-0.39, 0.29) is 17.7 Å². The predicted molar refractivity (Wildman–Crippen MR) is 91.5 cm³/mol. The highest BCUT2D eigenvalue weighted by atomic mass is 16.5. The molecular formula is C18H27NO5. The first-order chi connectivity index (χ1) is 11.2. The number of carboxylic acid groups (broad SMARTS) is 1. The quantitative estimate of drug-likeness (QED) is 0.762. The normalized spacial score (nSPS) is 14.6. The molecule has 0 radical (unpaired) electrons. The highest BCUT2D eigenvalue weighted by Crippen LogP contribution is 2.39. The zero-order chi connectivity index (χ0) is 18.4. The lowest BCUT2D eigenvalue weighted by molar-refractivity contribution is -0.142. The van der Waals surface area contributed by atoms with Gasteiger partial charge >= 0.3 is 5.97 Å². The van der Waals surface area contributed by atoms with E-state index in [2.05, 4.69) is 5.32 Å². The summed E-state index contributed by atoms with van der Waals surface area (Å²) in [6.45, 7) is 7.31. The molecule has 6 heteroatoms. The molecule has 0 aliphatic carbocycles. The van der Waals surface area contributed by atoms with Gasteiger partial charge in [-0.05, 0) is 24.5 Å². The number of amides is 1. The van der Waals surface area contributed by atoms with E-state index in [1.807, 2.05) is 26.0 Å². The summed E-state index contributed by atoms with van der Waals surface area (Å²) in [6.07, 6.45) is 0. The van der Waals surface area contributed by atoms with E-state index >= 15 is 0 Å². The topological polar surface area (TPSA) is 84.9 Å². The molecule has 0 aliphatic rings. The van der Waals surface area contributed by atoms with Gasteiger partial charge in [-0.25, -0.2) is 0 Å².